The van der Waals surface area contributed by atoms with E-state index in [1.807, 2.05) is 0 Å². The van der Waals surface area contributed by atoms with Crippen LogP contribution in [0.2, 0.25) is 0 Å². The molecular formula is C21H21F6NO3. The number of hydrogen-bond acceptors (Lipinski definition) is 3. The number of amides is 1. The molecule has 0 spiro atoms. The lowest BCUT2D eigenvalue weighted by Gasteiger charge is -2.13. The highest BCUT2D eigenvalue weighted by atomic mass is 19.4. The van der Waals surface area contributed by atoms with Gasteiger partial charge >= 0.3 is 12.4 Å². The van der Waals surface area contributed by atoms with Crippen molar-refractivity contribution in [1.82, 2.24) is 5.06 Å². The van der Waals surface area contributed by atoms with Gasteiger partial charge in [0.2, 0.25) is 5.91 Å². The number of alkyl halides is 6. The summed E-state index contributed by atoms with van der Waals surface area (Å²) in [4.78, 5) is 26.7. The van der Waals surface area contributed by atoms with E-state index in [-0.39, 0.29) is 24.5 Å². The lowest BCUT2D eigenvalue weighted by Crippen LogP contribution is -2.26. The molecule has 170 valence electrons. The van der Waals surface area contributed by atoms with E-state index in [0.717, 1.165) is 29.3 Å². The van der Waals surface area contributed by atoms with E-state index in [9.17, 15) is 35.9 Å². The van der Waals surface area contributed by atoms with Crippen LogP contribution in [0.1, 0.15) is 29.2 Å². The smallest absolute Gasteiger partial charge is 0.300 e. The van der Waals surface area contributed by atoms with Gasteiger partial charge in [-0.1, -0.05) is 24.3 Å². The van der Waals surface area contributed by atoms with Gasteiger partial charge in [0.05, 0.1) is 24.7 Å². The van der Waals surface area contributed by atoms with Crippen molar-refractivity contribution in [2.45, 2.75) is 32.1 Å². The number of hydrogen-bond donors (Lipinski definition) is 0. The summed E-state index contributed by atoms with van der Waals surface area (Å²) in [5.74, 6) is -0.392. The normalized spacial score (nSPS) is 11.4. The number of benzene rings is 2. The molecule has 0 aliphatic rings. The zero-order valence-corrected chi connectivity index (χ0v) is 17.0. The molecule has 0 saturated heterocycles. The van der Waals surface area contributed by atoms with Crippen LogP contribution < -0.4 is 0 Å². The molecule has 4 nitrogen and oxygen atoms in total. The fourth-order valence-corrected chi connectivity index (χ4v) is 2.30. The Morgan fingerprint density at radius 3 is 1.42 bits per heavy atom. The zero-order valence-electron chi connectivity index (χ0n) is 17.0. The molecule has 0 aromatic heterocycles. The van der Waals surface area contributed by atoms with Crippen LogP contribution in [0, 0.1) is 0 Å². The number of likely N-dealkylation sites (N-methyl/N-ethyl adjacent to an activating group) is 1. The summed E-state index contributed by atoms with van der Waals surface area (Å²) in [7, 11) is 2.77. The first-order chi connectivity index (χ1) is 14.2. The third-order valence-electron chi connectivity index (χ3n) is 4.00. The second-order valence-corrected chi connectivity index (χ2v) is 6.52. The number of hydroxylamine groups is 2. The van der Waals surface area contributed by atoms with Gasteiger partial charge < -0.3 is 0 Å². The second kappa shape index (κ2) is 10.9. The third kappa shape index (κ3) is 9.20. The number of halogens is 6. The average molecular weight is 449 g/mol. The molecule has 2 aromatic rings. The maximum Gasteiger partial charge on any atom is 0.416 e. The van der Waals surface area contributed by atoms with E-state index < -0.39 is 23.5 Å². The minimum absolute atomic E-state index is 0.00246. The number of ketones is 1. The fraction of sp³-hybridized carbons (Fsp3) is 0.333. The number of carbonyl (C=O) groups excluding carboxylic acids is 2. The van der Waals surface area contributed by atoms with Crippen LogP contribution in [0.15, 0.2) is 48.5 Å². The van der Waals surface area contributed by atoms with E-state index in [1.54, 1.807) is 0 Å². The molecular weight excluding hydrogens is 428 g/mol. The largest absolute Gasteiger partial charge is 0.416 e. The lowest BCUT2D eigenvalue weighted by molar-refractivity contribution is -0.167. The third-order valence-corrected chi connectivity index (χ3v) is 4.00. The van der Waals surface area contributed by atoms with Crippen molar-refractivity contribution in [1.29, 1.82) is 0 Å². The van der Waals surface area contributed by atoms with Gasteiger partial charge in [0, 0.05) is 13.5 Å². The van der Waals surface area contributed by atoms with Crippen molar-refractivity contribution in [2.24, 2.45) is 0 Å². The van der Waals surface area contributed by atoms with Crippen molar-refractivity contribution in [3.05, 3.63) is 70.8 Å². The molecule has 31 heavy (non-hydrogen) atoms. The molecule has 2 rings (SSSR count). The van der Waals surface area contributed by atoms with Crippen LogP contribution >= 0.6 is 0 Å². The fourth-order valence-electron chi connectivity index (χ4n) is 2.30. The highest BCUT2D eigenvalue weighted by Crippen LogP contribution is 2.30. The summed E-state index contributed by atoms with van der Waals surface area (Å²) in [6.45, 7) is 1.40. The molecule has 0 aliphatic carbocycles. The summed E-state index contributed by atoms with van der Waals surface area (Å²) < 4.78 is 73.2. The Labute approximate surface area is 175 Å². The number of carbonyl (C=O) groups is 2. The van der Waals surface area contributed by atoms with Crippen molar-refractivity contribution in [3.63, 3.8) is 0 Å². The van der Waals surface area contributed by atoms with E-state index >= 15 is 0 Å². The second-order valence-electron chi connectivity index (χ2n) is 6.52. The first kappa shape index (κ1) is 26.2. The van der Waals surface area contributed by atoms with Gasteiger partial charge in [0.1, 0.15) is 5.78 Å². The molecule has 1 amide bonds. The van der Waals surface area contributed by atoms with Crippen LogP contribution in [0.3, 0.4) is 0 Å². The Bertz CT molecular complexity index is 859. The monoisotopic (exact) mass is 449 g/mol. The topological polar surface area (TPSA) is 46.6 Å². The molecule has 10 heteroatoms. The number of nitrogens with zero attached hydrogens (tertiary/aromatic N) is 1. The lowest BCUT2D eigenvalue weighted by atomic mass is 10.1. The molecule has 0 fully saturated rings. The van der Waals surface area contributed by atoms with Crippen LogP contribution in [-0.2, 0) is 39.6 Å². The highest BCUT2D eigenvalue weighted by molar-refractivity contribution is 5.78. The Balaban J connectivity index is 0.000000316. The van der Waals surface area contributed by atoms with Gasteiger partial charge in [-0.25, -0.2) is 5.06 Å². The first-order valence-electron chi connectivity index (χ1n) is 8.86. The number of Topliss-reactive ketones (excluding diaryl/α,β-unsaturated/α-hetero) is 1. The van der Waals surface area contributed by atoms with E-state index in [0.29, 0.717) is 11.1 Å². The minimum atomic E-state index is -4.36. The van der Waals surface area contributed by atoms with E-state index in [2.05, 4.69) is 4.84 Å². The summed E-state index contributed by atoms with van der Waals surface area (Å²) in [6.07, 6.45) is -8.48. The van der Waals surface area contributed by atoms with Crippen LogP contribution in [0.4, 0.5) is 26.3 Å². The predicted octanol–water partition coefficient (Wildman–Crippen LogP) is 5.10. The zero-order chi connectivity index (χ0) is 23.8. The molecule has 0 radical (unpaired) electrons. The van der Waals surface area contributed by atoms with Gasteiger partial charge in [-0.3, -0.25) is 14.4 Å². The Kier molecular flexibility index (Phi) is 9.23. The summed E-state index contributed by atoms with van der Waals surface area (Å²) in [5, 5.41) is 1.03. The van der Waals surface area contributed by atoms with Crippen LogP contribution in [-0.4, -0.2) is 30.9 Å². The quantitative estimate of drug-likeness (QED) is 0.471. The van der Waals surface area contributed by atoms with Gasteiger partial charge in [-0.05, 0) is 42.3 Å². The summed E-state index contributed by atoms with van der Waals surface area (Å²) in [5.41, 5.74) is -0.309. The van der Waals surface area contributed by atoms with Crippen molar-refractivity contribution in [3.8, 4) is 0 Å². The summed E-state index contributed by atoms with van der Waals surface area (Å²) in [6, 6.07) is 9.09. The molecule has 0 N–H and O–H groups in total. The van der Waals surface area contributed by atoms with Crippen LogP contribution in [0.25, 0.3) is 0 Å². The Morgan fingerprint density at radius 2 is 1.13 bits per heavy atom. The highest BCUT2D eigenvalue weighted by Gasteiger charge is 2.30. The number of rotatable bonds is 5. The van der Waals surface area contributed by atoms with Gasteiger partial charge in [0.25, 0.3) is 0 Å². The Hall–Kier alpha value is -2.88. The Morgan fingerprint density at radius 1 is 0.774 bits per heavy atom. The molecule has 0 atom stereocenters. The maximum absolute atomic E-state index is 12.3. The minimum Gasteiger partial charge on any atom is -0.300 e. The molecule has 0 saturated carbocycles. The molecule has 0 heterocycles. The molecule has 0 unspecified atom stereocenters. The van der Waals surface area contributed by atoms with Crippen LogP contribution in [0.5, 0.6) is 0 Å². The van der Waals surface area contributed by atoms with Crippen molar-refractivity contribution < 1.29 is 40.8 Å². The van der Waals surface area contributed by atoms with E-state index in [1.165, 1.54) is 45.3 Å². The van der Waals surface area contributed by atoms with Crippen molar-refractivity contribution >= 4 is 11.7 Å². The average Bonchev–Trinajstić information content (AvgIpc) is 2.66. The maximum atomic E-state index is 12.3. The molecule has 0 bridgehead atoms. The molecule has 0 aliphatic heterocycles. The SMILES string of the molecule is CC(=O)Cc1ccc(C(F)(F)F)cc1.CON(C)C(=O)Cc1ccc(C(F)(F)F)cc1. The van der Waals surface area contributed by atoms with E-state index in [4.69, 9.17) is 0 Å². The first-order valence-corrected chi connectivity index (χ1v) is 8.86. The predicted molar refractivity (Wildman–Crippen MR) is 101 cm³/mol. The molecule has 2 aromatic carbocycles. The van der Waals surface area contributed by atoms with Gasteiger partial charge in [-0.15, -0.1) is 0 Å². The van der Waals surface area contributed by atoms with Crippen molar-refractivity contribution in [2.75, 3.05) is 14.2 Å². The van der Waals surface area contributed by atoms with Gasteiger partial charge in [0.15, 0.2) is 0 Å². The van der Waals surface area contributed by atoms with Gasteiger partial charge in [-0.2, -0.15) is 26.3 Å². The summed E-state index contributed by atoms with van der Waals surface area (Å²) >= 11 is 0. The standard InChI is InChI=1S/C11H12F3NO2.C10H9F3O/c1-15(17-2)10(16)7-8-3-5-9(6-4-8)11(12,13)14;1-7(14)6-8-2-4-9(5-3-8)10(11,12)13/h3-6H,7H2,1-2H3;2-5H,6H2,1H3.